The van der Waals surface area contributed by atoms with E-state index in [9.17, 15) is 9.59 Å². The smallest absolute Gasteiger partial charge is 0.271 e. The van der Waals surface area contributed by atoms with E-state index < -0.39 is 6.04 Å². The van der Waals surface area contributed by atoms with Crippen molar-refractivity contribution in [1.29, 1.82) is 0 Å². The number of aryl methyl sites for hydroxylation is 1. The van der Waals surface area contributed by atoms with Crippen LogP contribution >= 0.6 is 11.3 Å². The van der Waals surface area contributed by atoms with Crippen molar-refractivity contribution in [2.24, 2.45) is 11.7 Å². The maximum absolute atomic E-state index is 14.2. The molecular formula is C32H34N4O2S. The van der Waals surface area contributed by atoms with E-state index in [4.69, 9.17) is 10.7 Å². The second-order valence-electron chi connectivity index (χ2n) is 10.3. The van der Waals surface area contributed by atoms with Crippen LogP contribution in [0, 0.1) is 12.8 Å². The molecule has 0 aliphatic carbocycles. The number of hydrogen-bond acceptors (Lipinski definition) is 5. The molecule has 2 N–H and O–H groups in total. The van der Waals surface area contributed by atoms with Crippen LogP contribution in [-0.4, -0.2) is 33.4 Å². The Balaban J connectivity index is 1.74. The summed E-state index contributed by atoms with van der Waals surface area (Å²) in [6.07, 6.45) is 0.646. The molecule has 2 heterocycles. The molecule has 0 aliphatic rings. The average Bonchev–Trinajstić information content (AvgIpc) is 3.32. The fourth-order valence-electron chi connectivity index (χ4n) is 5.12. The van der Waals surface area contributed by atoms with Crippen molar-refractivity contribution in [3.05, 3.63) is 112 Å². The van der Waals surface area contributed by atoms with Gasteiger partial charge in [-0.25, -0.2) is 4.98 Å². The summed E-state index contributed by atoms with van der Waals surface area (Å²) in [4.78, 5) is 35.3. The van der Waals surface area contributed by atoms with Gasteiger partial charge < -0.3 is 10.6 Å². The van der Waals surface area contributed by atoms with Crippen LogP contribution in [0.25, 0.3) is 20.3 Å². The molecule has 0 radical (unpaired) electrons. The second kappa shape index (κ2) is 11.5. The first kappa shape index (κ1) is 26.8. The van der Waals surface area contributed by atoms with Gasteiger partial charge in [-0.3, -0.25) is 14.2 Å². The molecule has 0 saturated carbocycles. The molecule has 39 heavy (non-hydrogen) atoms. The maximum Gasteiger partial charge on any atom is 0.271 e. The number of aromatic nitrogens is 2. The Hall–Kier alpha value is -3.81. The highest BCUT2D eigenvalue weighted by atomic mass is 32.1. The lowest BCUT2D eigenvalue weighted by molar-refractivity contribution is 0.0603. The van der Waals surface area contributed by atoms with E-state index in [2.05, 4.69) is 13.8 Å². The third-order valence-corrected chi connectivity index (χ3v) is 8.24. The highest BCUT2D eigenvalue weighted by Crippen LogP contribution is 2.34. The normalized spacial score (nSPS) is 12.3. The number of rotatable bonds is 9. The third kappa shape index (κ3) is 5.37. The van der Waals surface area contributed by atoms with Crippen LogP contribution in [0.15, 0.2) is 83.7 Å². The predicted octanol–water partition coefficient (Wildman–Crippen LogP) is 6.16. The van der Waals surface area contributed by atoms with Gasteiger partial charge in [-0.05, 0) is 49.6 Å². The Morgan fingerprint density at radius 1 is 1.00 bits per heavy atom. The third-order valence-electron chi connectivity index (χ3n) is 7.09. The Morgan fingerprint density at radius 2 is 1.69 bits per heavy atom. The number of hydrogen-bond donors (Lipinski definition) is 1. The van der Waals surface area contributed by atoms with E-state index >= 15 is 0 Å². The first-order valence-electron chi connectivity index (χ1n) is 13.4. The van der Waals surface area contributed by atoms with E-state index in [1.165, 1.54) is 11.3 Å². The molecule has 0 fully saturated rings. The summed E-state index contributed by atoms with van der Waals surface area (Å²) in [5, 5.41) is 0.962. The highest BCUT2D eigenvalue weighted by molar-refractivity contribution is 7.25. The Morgan fingerprint density at radius 3 is 2.38 bits per heavy atom. The summed E-state index contributed by atoms with van der Waals surface area (Å²) in [5.74, 6) is 0.513. The van der Waals surface area contributed by atoms with Crippen LogP contribution in [0.3, 0.4) is 0 Å². The van der Waals surface area contributed by atoms with Gasteiger partial charge in [0.1, 0.15) is 10.5 Å². The minimum absolute atomic E-state index is 0.00607. The minimum Gasteiger partial charge on any atom is -0.330 e. The fourth-order valence-corrected chi connectivity index (χ4v) is 6.21. The zero-order chi connectivity index (χ0) is 27.5. The molecule has 1 amide bonds. The van der Waals surface area contributed by atoms with Gasteiger partial charge in [0.2, 0.25) is 0 Å². The summed E-state index contributed by atoms with van der Waals surface area (Å²) < 4.78 is 3.43. The van der Waals surface area contributed by atoms with Crippen LogP contribution in [0.5, 0.6) is 0 Å². The van der Waals surface area contributed by atoms with Crippen molar-refractivity contribution in [2.75, 3.05) is 13.1 Å². The highest BCUT2D eigenvalue weighted by Gasteiger charge is 2.33. The van der Waals surface area contributed by atoms with Crippen LogP contribution in [0.1, 0.15) is 53.6 Å². The Kier molecular flexibility index (Phi) is 7.91. The van der Waals surface area contributed by atoms with Gasteiger partial charge >= 0.3 is 0 Å². The molecule has 1 unspecified atom stereocenters. The molecule has 7 heteroatoms. The number of nitrogens with two attached hydrogens (primary N) is 1. The summed E-state index contributed by atoms with van der Waals surface area (Å²) >= 11 is 1.48. The number of amides is 1. The first-order chi connectivity index (χ1) is 18.9. The summed E-state index contributed by atoms with van der Waals surface area (Å²) in [6, 6.07) is 25.1. The van der Waals surface area contributed by atoms with E-state index in [-0.39, 0.29) is 17.4 Å². The molecule has 5 aromatic rings. The van der Waals surface area contributed by atoms with E-state index in [1.807, 2.05) is 90.7 Å². The van der Waals surface area contributed by atoms with E-state index in [1.54, 1.807) is 4.57 Å². The van der Waals surface area contributed by atoms with Gasteiger partial charge in [-0.1, -0.05) is 80.1 Å². The van der Waals surface area contributed by atoms with Crippen LogP contribution in [-0.2, 0) is 6.54 Å². The number of benzene rings is 3. The lowest BCUT2D eigenvalue weighted by Crippen LogP contribution is -2.42. The van der Waals surface area contributed by atoms with Gasteiger partial charge in [0, 0.05) is 22.2 Å². The minimum atomic E-state index is -0.426. The van der Waals surface area contributed by atoms with Crippen molar-refractivity contribution < 1.29 is 4.79 Å². The van der Waals surface area contributed by atoms with Gasteiger partial charge in [-0.2, -0.15) is 0 Å². The lowest BCUT2D eigenvalue weighted by Gasteiger charge is -2.35. The van der Waals surface area contributed by atoms with Gasteiger partial charge in [0.25, 0.3) is 11.5 Å². The average molecular weight is 539 g/mol. The zero-order valence-corrected chi connectivity index (χ0v) is 23.4. The van der Waals surface area contributed by atoms with E-state index in [0.29, 0.717) is 47.7 Å². The topological polar surface area (TPSA) is 81.2 Å². The SMILES string of the molecule is Cc1ccc(C(=O)N(CCCN)C(c2nc3c(sc4ccccc43)c(=O)n2Cc2ccccc2)C(C)C)cc1. The first-order valence-corrected chi connectivity index (χ1v) is 14.2. The molecular weight excluding hydrogens is 504 g/mol. The molecule has 5 rings (SSSR count). The predicted molar refractivity (Wildman–Crippen MR) is 160 cm³/mol. The standard InChI is InChI=1S/C32H34N4O2S/c1-21(2)28(35(19-9-18-33)31(37)24-16-14-22(3)15-17-24)30-34-27-25-12-7-8-13-26(25)39-29(27)32(38)36(30)20-23-10-5-4-6-11-23/h4-8,10-17,21,28H,9,18-20,33H2,1-3H3. The molecule has 6 nitrogen and oxygen atoms in total. The summed E-state index contributed by atoms with van der Waals surface area (Å²) in [7, 11) is 0. The monoisotopic (exact) mass is 538 g/mol. The summed E-state index contributed by atoms with van der Waals surface area (Å²) in [6.45, 7) is 7.47. The van der Waals surface area contributed by atoms with Crippen molar-refractivity contribution in [2.45, 2.75) is 39.8 Å². The number of carbonyl (C=O) groups is 1. The molecule has 200 valence electrons. The van der Waals surface area contributed by atoms with Crippen molar-refractivity contribution in [3.8, 4) is 0 Å². The van der Waals surface area contributed by atoms with Crippen molar-refractivity contribution in [3.63, 3.8) is 0 Å². The van der Waals surface area contributed by atoms with Gasteiger partial charge in [0.15, 0.2) is 0 Å². The number of carbonyl (C=O) groups excluding carboxylic acids is 1. The molecule has 1 atom stereocenters. The zero-order valence-electron chi connectivity index (χ0n) is 22.6. The number of nitrogens with zero attached hydrogens (tertiary/aromatic N) is 3. The van der Waals surface area contributed by atoms with Crippen molar-refractivity contribution >= 4 is 37.5 Å². The van der Waals surface area contributed by atoms with Gasteiger partial charge in [-0.15, -0.1) is 11.3 Å². The second-order valence-corrected chi connectivity index (χ2v) is 11.4. The Labute approximate surface area is 232 Å². The maximum atomic E-state index is 14.2. The molecule has 0 spiro atoms. The Bertz CT molecular complexity index is 1660. The molecule has 0 bridgehead atoms. The van der Waals surface area contributed by atoms with Gasteiger partial charge in [0.05, 0.1) is 18.1 Å². The number of thiophene rings is 1. The molecule has 0 saturated heterocycles. The molecule has 0 aliphatic heterocycles. The quantitative estimate of drug-likeness (QED) is 0.244. The largest absolute Gasteiger partial charge is 0.330 e. The van der Waals surface area contributed by atoms with E-state index in [0.717, 1.165) is 21.2 Å². The molecule has 3 aromatic carbocycles. The lowest BCUT2D eigenvalue weighted by atomic mass is 9.98. The van der Waals surface area contributed by atoms with Crippen LogP contribution in [0.4, 0.5) is 0 Å². The number of fused-ring (bicyclic) bond motifs is 3. The summed E-state index contributed by atoms with van der Waals surface area (Å²) in [5.41, 5.74) is 9.25. The van der Waals surface area contributed by atoms with Crippen LogP contribution in [0.2, 0.25) is 0 Å². The van der Waals surface area contributed by atoms with Crippen molar-refractivity contribution in [1.82, 2.24) is 14.5 Å². The van der Waals surface area contributed by atoms with Crippen LogP contribution < -0.4 is 11.3 Å². The fraction of sp³-hybridized carbons (Fsp3) is 0.281. The molecule has 2 aromatic heterocycles.